The summed E-state index contributed by atoms with van der Waals surface area (Å²) in [5, 5.41) is 0.324. The minimum atomic E-state index is -0.438. The van der Waals surface area contributed by atoms with Gasteiger partial charge in [0.2, 0.25) is 0 Å². The molecule has 60 valence electrons. The second-order valence-electron chi connectivity index (χ2n) is 1.88. The Balaban J connectivity index is 3.46. The van der Waals surface area contributed by atoms with Gasteiger partial charge in [-0.3, -0.25) is 0 Å². The van der Waals surface area contributed by atoms with Gasteiger partial charge in [0, 0.05) is 0 Å². The Morgan fingerprint density at radius 2 is 2.00 bits per heavy atom. The van der Waals surface area contributed by atoms with E-state index in [9.17, 15) is 4.39 Å². The van der Waals surface area contributed by atoms with E-state index in [1.54, 1.807) is 0 Å². The minimum Gasteiger partial charge on any atom is -0.397 e. The Bertz CT molecular complexity index is 277. The van der Waals surface area contributed by atoms with E-state index in [0.29, 0.717) is 9.50 Å². The van der Waals surface area contributed by atoms with Crippen molar-refractivity contribution in [3.8, 4) is 0 Å². The lowest BCUT2D eigenvalue weighted by molar-refractivity contribution is 0.615. The summed E-state index contributed by atoms with van der Waals surface area (Å²) in [5.74, 6) is -0.438. The van der Waals surface area contributed by atoms with Gasteiger partial charge in [-0.2, -0.15) is 0 Å². The zero-order valence-corrected chi connectivity index (χ0v) is 9.09. The van der Waals surface area contributed by atoms with E-state index in [2.05, 4.69) is 31.9 Å². The van der Waals surface area contributed by atoms with Crippen LogP contribution in [0, 0.1) is 5.82 Å². The third kappa shape index (κ3) is 1.68. The van der Waals surface area contributed by atoms with Crippen molar-refractivity contribution in [1.29, 1.82) is 0 Å². The number of rotatable bonds is 0. The number of nitrogen functional groups attached to an aromatic ring is 1. The Morgan fingerprint density at radius 3 is 2.55 bits per heavy atom. The fraction of sp³-hybridized carbons (Fsp3) is 0. The van der Waals surface area contributed by atoms with Gasteiger partial charge in [-0.1, -0.05) is 11.6 Å². The molecule has 0 spiro atoms. The van der Waals surface area contributed by atoms with E-state index >= 15 is 0 Å². The number of hydrogen-bond donors (Lipinski definition) is 1. The third-order valence-electron chi connectivity index (χ3n) is 1.15. The van der Waals surface area contributed by atoms with Crippen LogP contribution in [0.3, 0.4) is 0 Å². The molecule has 0 unspecified atom stereocenters. The third-order valence-corrected chi connectivity index (χ3v) is 2.81. The van der Waals surface area contributed by atoms with Crippen LogP contribution in [0.25, 0.3) is 0 Å². The van der Waals surface area contributed by atoms with Crippen molar-refractivity contribution in [2.75, 3.05) is 5.73 Å². The van der Waals surface area contributed by atoms with Crippen molar-refractivity contribution >= 4 is 49.1 Å². The maximum Gasteiger partial charge on any atom is 0.153 e. The van der Waals surface area contributed by atoms with E-state index in [-0.39, 0.29) is 10.2 Å². The molecule has 0 aromatic heterocycles. The fourth-order valence-electron chi connectivity index (χ4n) is 0.580. The van der Waals surface area contributed by atoms with Crippen LogP contribution in [0.1, 0.15) is 0 Å². The smallest absolute Gasteiger partial charge is 0.153 e. The Hall–Kier alpha value is 0.200. The maximum absolute atomic E-state index is 12.9. The van der Waals surface area contributed by atoms with Gasteiger partial charge in [0.25, 0.3) is 0 Å². The Morgan fingerprint density at radius 1 is 1.45 bits per heavy atom. The van der Waals surface area contributed by atoms with Crippen molar-refractivity contribution in [3.63, 3.8) is 0 Å². The van der Waals surface area contributed by atoms with E-state index in [4.69, 9.17) is 17.3 Å². The first kappa shape index (κ1) is 9.29. The van der Waals surface area contributed by atoms with Crippen molar-refractivity contribution in [2.24, 2.45) is 0 Å². The monoisotopic (exact) mass is 301 g/mol. The normalized spacial score (nSPS) is 10.2. The van der Waals surface area contributed by atoms with Crippen LogP contribution < -0.4 is 5.73 Å². The number of halogens is 4. The summed E-state index contributed by atoms with van der Waals surface area (Å²) in [6, 6.07) is 1.41. The molecule has 1 aromatic rings. The second-order valence-corrected chi connectivity index (χ2v) is 3.94. The Kier molecular flexibility index (Phi) is 2.78. The molecule has 0 aliphatic carbocycles. The molecule has 11 heavy (non-hydrogen) atoms. The predicted molar refractivity (Wildman–Crippen MR) is 51.2 cm³/mol. The second kappa shape index (κ2) is 3.29. The first-order valence-corrected chi connectivity index (χ1v) is 4.59. The van der Waals surface area contributed by atoms with Gasteiger partial charge in [0.1, 0.15) is 0 Å². The lowest BCUT2D eigenvalue weighted by Crippen LogP contribution is -1.91. The summed E-state index contributed by atoms with van der Waals surface area (Å²) in [6.45, 7) is 0. The molecule has 0 fully saturated rings. The molecule has 0 radical (unpaired) electrons. The van der Waals surface area contributed by atoms with Gasteiger partial charge in [-0.05, 0) is 37.9 Å². The Labute approximate surface area is 85.0 Å². The summed E-state index contributed by atoms with van der Waals surface area (Å²) >= 11 is 11.6. The van der Waals surface area contributed by atoms with Crippen molar-refractivity contribution in [3.05, 3.63) is 25.9 Å². The van der Waals surface area contributed by atoms with Crippen molar-refractivity contribution < 1.29 is 4.39 Å². The van der Waals surface area contributed by atoms with E-state index in [1.807, 2.05) is 0 Å². The van der Waals surface area contributed by atoms with Crippen LogP contribution >= 0.6 is 43.5 Å². The molecule has 1 aromatic carbocycles. The predicted octanol–water partition coefficient (Wildman–Crippen LogP) is 3.59. The van der Waals surface area contributed by atoms with Crippen molar-refractivity contribution in [1.82, 2.24) is 0 Å². The molecular weight excluding hydrogens is 300 g/mol. The molecule has 0 aliphatic heterocycles. The lowest BCUT2D eigenvalue weighted by Gasteiger charge is -2.03. The summed E-state index contributed by atoms with van der Waals surface area (Å²) in [4.78, 5) is 0. The number of benzene rings is 1. The van der Waals surface area contributed by atoms with Gasteiger partial charge in [-0.15, -0.1) is 0 Å². The van der Waals surface area contributed by atoms with E-state index in [1.165, 1.54) is 6.07 Å². The summed E-state index contributed by atoms with van der Waals surface area (Å²) in [5.41, 5.74) is 5.63. The highest BCUT2D eigenvalue weighted by atomic mass is 79.9. The van der Waals surface area contributed by atoms with Gasteiger partial charge >= 0.3 is 0 Å². The molecule has 0 atom stereocenters. The molecule has 0 aliphatic rings. The molecule has 0 saturated heterocycles. The maximum atomic E-state index is 12.9. The average Bonchev–Trinajstić information content (AvgIpc) is 1.97. The van der Waals surface area contributed by atoms with Gasteiger partial charge in [-0.25, -0.2) is 4.39 Å². The largest absolute Gasteiger partial charge is 0.397 e. The molecule has 2 N–H and O–H groups in total. The van der Waals surface area contributed by atoms with Crippen molar-refractivity contribution in [2.45, 2.75) is 0 Å². The molecule has 0 amide bonds. The quantitative estimate of drug-likeness (QED) is 0.442. The van der Waals surface area contributed by atoms with Crippen LogP contribution in [-0.2, 0) is 0 Å². The van der Waals surface area contributed by atoms with Gasteiger partial charge in [0.15, 0.2) is 5.82 Å². The highest BCUT2D eigenvalue weighted by Gasteiger charge is 2.10. The number of nitrogens with two attached hydrogens (primary N) is 1. The zero-order chi connectivity index (χ0) is 8.59. The zero-order valence-electron chi connectivity index (χ0n) is 5.17. The number of anilines is 1. The summed E-state index contributed by atoms with van der Waals surface area (Å²) in [7, 11) is 0. The minimum absolute atomic E-state index is 0.192. The van der Waals surface area contributed by atoms with E-state index < -0.39 is 5.82 Å². The fourth-order valence-corrected chi connectivity index (χ4v) is 2.15. The summed E-state index contributed by atoms with van der Waals surface area (Å²) < 4.78 is 13.4. The van der Waals surface area contributed by atoms with Crippen LogP contribution in [0.4, 0.5) is 10.1 Å². The van der Waals surface area contributed by atoms with Crippen LogP contribution in [0.5, 0.6) is 0 Å². The highest BCUT2D eigenvalue weighted by molar-refractivity contribution is 9.11. The molecule has 0 saturated carbocycles. The summed E-state index contributed by atoms with van der Waals surface area (Å²) in [6.07, 6.45) is 0. The molecule has 0 bridgehead atoms. The van der Waals surface area contributed by atoms with E-state index in [0.717, 1.165) is 0 Å². The number of hydrogen-bond acceptors (Lipinski definition) is 1. The van der Waals surface area contributed by atoms with Crippen LogP contribution in [0.2, 0.25) is 5.02 Å². The SMILES string of the molecule is Nc1c(Cl)cc(Br)c(F)c1Br. The first-order valence-electron chi connectivity index (χ1n) is 2.62. The standard InChI is InChI=1S/C6H3Br2ClFN/c7-2-1-3(9)6(11)4(8)5(2)10/h1H,11H2. The van der Waals surface area contributed by atoms with Gasteiger partial charge in [0.05, 0.1) is 19.7 Å². The molecule has 0 heterocycles. The van der Waals surface area contributed by atoms with Gasteiger partial charge < -0.3 is 5.73 Å². The molecule has 5 heteroatoms. The molecular formula is C6H3Br2ClFN. The highest BCUT2D eigenvalue weighted by Crippen LogP contribution is 2.34. The molecule has 1 rings (SSSR count). The van der Waals surface area contributed by atoms with Crippen LogP contribution in [-0.4, -0.2) is 0 Å². The average molecular weight is 303 g/mol. The topological polar surface area (TPSA) is 26.0 Å². The molecule has 1 nitrogen and oxygen atoms in total. The first-order chi connectivity index (χ1) is 5.04. The lowest BCUT2D eigenvalue weighted by atomic mass is 10.3. The van der Waals surface area contributed by atoms with Crippen LogP contribution in [0.15, 0.2) is 15.0 Å².